The lowest BCUT2D eigenvalue weighted by Gasteiger charge is -2.19. The molecule has 1 amide bonds. The highest BCUT2D eigenvalue weighted by molar-refractivity contribution is 5.97. The highest BCUT2D eigenvalue weighted by atomic mass is 16.5. The molecule has 0 aromatic heterocycles. The molecule has 0 aliphatic heterocycles. The predicted molar refractivity (Wildman–Crippen MR) is 94.0 cm³/mol. The average Bonchev–Trinajstić information content (AvgIpc) is 2.66. The summed E-state index contributed by atoms with van der Waals surface area (Å²) in [5, 5.41) is 21.6. The van der Waals surface area contributed by atoms with Gasteiger partial charge in [0.2, 0.25) is 0 Å². The molecule has 1 atom stereocenters. The lowest BCUT2D eigenvalue weighted by molar-refractivity contribution is 0.0930. The smallest absolute Gasteiger partial charge is 0.254 e. The van der Waals surface area contributed by atoms with Gasteiger partial charge in [0.05, 0.1) is 25.4 Å². The van der Waals surface area contributed by atoms with Crippen molar-refractivity contribution >= 4 is 5.91 Å². The Hall–Kier alpha value is -2.57. The minimum absolute atomic E-state index is 0.106. The van der Waals surface area contributed by atoms with Gasteiger partial charge < -0.3 is 25.0 Å². The van der Waals surface area contributed by atoms with Crippen molar-refractivity contribution in [3.05, 3.63) is 59.2 Å². The van der Waals surface area contributed by atoms with E-state index in [1.165, 1.54) is 14.2 Å². The first-order chi connectivity index (χ1) is 12.1. The van der Waals surface area contributed by atoms with Crippen LogP contribution in [0.3, 0.4) is 0 Å². The largest absolute Gasteiger partial charge is 0.496 e. The third-order valence-electron chi connectivity index (χ3n) is 3.79. The molecule has 25 heavy (non-hydrogen) atoms. The van der Waals surface area contributed by atoms with E-state index < -0.39 is 12.7 Å². The quantitative estimate of drug-likeness (QED) is 0.675. The van der Waals surface area contributed by atoms with Gasteiger partial charge in [-0.25, -0.2) is 0 Å². The minimum Gasteiger partial charge on any atom is -0.496 e. The molecule has 3 N–H and O–H groups in total. The zero-order chi connectivity index (χ0) is 18.2. The predicted octanol–water partition coefficient (Wildman–Crippen LogP) is 1.53. The molecular formula is C19H23NO5. The van der Waals surface area contributed by atoms with E-state index in [4.69, 9.17) is 9.47 Å². The molecule has 0 bridgehead atoms. The van der Waals surface area contributed by atoms with Crippen LogP contribution in [0.1, 0.15) is 21.5 Å². The van der Waals surface area contributed by atoms with Crippen LogP contribution in [0.5, 0.6) is 11.5 Å². The summed E-state index contributed by atoms with van der Waals surface area (Å²) in [5.41, 5.74) is 1.84. The van der Waals surface area contributed by atoms with Crippen LogP contribution in [-0.2, 0) is 13.0 Å². The topological polar surface area (TPSA) is 88.0 Å². The molecule has 0 fully saturated rings. The Morgan fingerprint density at radius 3 is 2.52 bits per heavy atom. The van der Waals surface area contributed by atoms with Crippen LogP contribution in [0.25, 0.3) is 0 Å². The van der Waals surface area contributed by atoms with Gasteiger partial charge in [0.15, 0.2) is 0 Å². The number of carbonyl (C=O) groups is 1. The van der Waals surface area contributed by atoms with Gasteiger partial charge in [-0.1, -0.05) is 30.3 Å². The molecule has 0 spiro atoms. The number of nitrogens with one attached hydrogen (secondary N) is 1. The van der Waals surface area contributed by atoms with Crippen LogP contribution in [0.2, 0.25) is 0 Å². The van der Waals surface area contributed by atoms with E-state index in [2.05, 4.69) is 5.32 Å². The number of hydrogen-bond acceptors (Lipinski definition) is 5. The molecule has 134 valence electrons. The first-order valence-electron chi connectivity index (χ1n) is 7.98. The highest BCUT2D eigenvalue weighted by Gasteiger charge is 2.22. The molecule has 6 nitrogen and oxygen atoms in total. The fourth-order valence-corrected chi connectivity index (χ4v) is 2.50. The van der Waals surface area contributed by atoms with Crippen LogP contribution in [0.4, 0.5) is 0 Å². The minimum atomic E-state index is -0.979. The number of hydrogen-bond donors (Lipinski definition) is 3. The first kappa shape index (κ1) is 18.8. The maximum Gasteiger partial charge on any atom is 0.254 e. The molecule has 0 radical (unpaired) electrons. The summed E-state index contributed by atoms with van der Waals surface area (Å²) in [4.78, 5) is 12.2. The SMILES string of the molecule is CNC(=O)c1ccc(OC)c(CC(O)CO)c1OCc1ccccc1. The summed E-state index contributed by atoms with van der Waals surface area (Å²) in [6.45, 7) is -0.133. The van der Waals surface area contributed by atoms with E-state index in [0.717, 1.165) is 5.56 Å². The Bertz CT molecular complexity index is 702. The Morgan fingerprint density at radius 2 is 1.92 bits per heavy atom. The summed E-state index contributed by atoms with van der Waals surface area (Å²) in [6, 6.07) is 12.8. The molecule has 6 heteroatoms. The van der Waals surface area contributed by atoms with Gasteiger partial charge in [-0.2, -0.15) is 0 Å². The number of ether oxygens (including phenoxy) is 2. The monoisotopic (exact) mass is 345 g/mol. The number of aliphatic hydroxyl groups is 2. The van der Waals surface area contributed by atoms with Gasteiger partial charge in [-0.15, -0.1) is 0 Å². The zero-order valence-electron chi connectivity index (χ0n) is 14.4. The van der Waals surface area contributed by atoms with Crippen LogP contribution >= 0.6 is 0 Å². The van der Waals surface area contributed by atoms with E-state index in [9.17, 15) is 15.0 Å². The Morgan fingerprint density at radius 1 is 1.20 bits per heavy atom. The number of aliphatic hydroxyl groups excluding tert-OH is 2. The number of amides is 1. The van der Waals surface area contributed by atoms with Crippen LogP contribution in [0.15, 0.2) is 42.5 Å². The highest BCUT2D eigenvalue weighted by Crippen LogP contribution is 2.34. The van der Waals surface area contributed by atoms with Crippen LogP contribution in [0, 0.1) is 0 Å². The summed E-state index contributed by atoms with van der Waals surface area (Å²) >= 11 is 0. The second-order valence-corrected chi connectivity index (χ2v) is 5.52. The van der Waals surface area contributed by atoms with Crippen molar-refractivity contribution in [3.8, 4) is 11.5 Å². The van der Waals surface area contributed by atoms with Crippen LogP contribution in [-0.4, -0.2) is 43.0 Å². The lowest BCUT2D eigenvalue weighted by Crippen LogP contribution is -2.21. The molecule has 1 unspecified atom stereocenters. The summed E-state index contributed by atoms with van der Waals surface area (Å²) in [6.07, 6.45) is -0.873. The molecule has 0 saturated heterocycles. The number of benzene rings is 2. The Balaban J connectivity index is 2.44. The molecular weight excluding hydrogens is 322 g/mol. The summed E-state index contributed by atoms with van der Waals surface area (Å²) < 4.78 is 11.3. The summed E-state index contributed by atoms with van der Waals surface area (Å²) in [7, 11) is 3.04. The molecule has 0 heterocycles. The van der Waals surface area contributed by atoms with Crippen LogP contribution < -0.4 is 14.8 Å². The van der Waals surface area contributed by atoms with Gasteiger partial charge >= 0.3 is 0 Å². The zero-order valence-corrected chi connectivity index (χ0v) is 14.4. The lowest BCUT2D eigenvalue weighted by atomic mass is 10.0. The van der Waals surface area contributed by atoms with Gasteiger partial charge in [-0.3, -0.25) is 4.79 Å². The van der Waals surface area contributed by atoms with Gasteiger partial charge in [-0.05, 0) is 17.7 Å². The molecule has 2 rings (SSSR count). The fourth-order valence-electron chi connectivity index (χ4n) is 2.50. The number of carbonyl (C=O) groups excluding carboxylic acids is 1. The third-order valence-corrected chi connectivity index (χ3v) is 3.79. The van der Waals surface area contributed by atoms with Crippen molar-refractivity contribution in [2.45, 2.75) is 19.1 Å². The molecule has 0 aliphatic carbocycles. The second kappa shape index (κ2) is 9.05. The van der Waals surface area contributed by atoms with E-state index >= 15 is 0 Å². The van der Waals surface area contributed by atoms with E-state index in [1.807, 2.05) is 30.3 Å². The first-order valence-corrected chi connectivity index (χ1v) is 7.98. The van der Waals surface area contributed by atoms with E-state index in [0.29, 0.717) is 22.6 Å². The third kappa shape index (κ3) is 4.71. The van der Waals surface area contributed by atoms with E-state index in [1.54, 1.807) is 12.1 Å². The number of rotatable bonds is 8. The maximum atomic E-state index is 12.2. The Labute approximate surface area is 147 Å². The molecule has 0 saturated carbocycles. The van der Waals surface area contributed by atoms with Gasteiger partial charge in [0, 0.05) is 19.0 Å². The van der Waals surface area contributed by atoms with Crippen molar-refractivity contribution in [1.82, 2.24) is 5.32 Å². The van der Waals surface area contributed by atoms with Crippen molar-refractivity contribution in [2.75, 3.05) is 20.8 Å². The van der Waals surface area contributed by atoms with Crippen molar-refractivity contribution in [2.24, 2.45) is 0 Å². The molecule has 2 aromatic rings. The maximum absolute atomic E-state index is 12.2. The van der Waals surface area contributed by atoms with Crippen molar-refractivity contribution in [1.29, 1.82) is 0 Å². The summed E-state index contributed by atoms with van der Waals surface area (Å²) in [5.74, 6) is 0.531. The van der Waals surface area contributed by atoms with Crippen molar-refractivity contribution in [3.63, 3.8) is 0 Å². The molecule has 2 aromatic carbocycles. The molecule has 0 aliphatic rings. The number of methoxy groups -OCH3 is 1. The normalized spacial score (nSPS) is 11.7. The standard InChI is InChI=1S/C19H23NO5/c1-20-19(23)15-8-9-17(24-2)16(10-14(22)11-21)18(15)25-12-13-6-4-3-5-7-13/h3-9,14,21-22H,10-12H2,1-2H3,(H,20,23). The van der Waals surface area contributed by atoms with Gasteiger partial charge in [0.1, 0.15) is 18.1 Å². The fraction of sp³-hybridized carbons (Fsp3) is 0.316. The van der Waals surface area contributed by atoms with Crippen molar-refractivity contribution < 1.29 is 24.5 Å². The second-order valence-electron chi connectivity index (χ2n) is 5.52. The Kier molecular flexibility index (Phi) is 6.80. The average molecular weight is 345 g/mol. The van der Waals surface area contributed by atoms with Gasteiger partial charge in [0.25, 0.3) is 5.91 Å². The van der Waals surface area contributed by atoms with E-state index in [-0.39, 0.29) is 18.9 Å².